The Morgan fingerprint density at radius 3 is 2.42 bits per heavy atom. The van der Waals surface area contributed by atoms with Gasteiger partial charge < -0.3 is 54.7 Å². The van der Waals surface area contributed by atoms with E-state index in [1.54, 1.807) is 0 Å². The Morgan fingerprint density at radius 2 is 1.78 bits per heavy atom. The lowest BCUT2D eigenvalue weighted by atomic mass is 9.99. The molecule has 0 saturated carbocycles. The second-order valence-electron chi connectivity index (χ2n) is 9.18. The molecule has 0 aliphatic carbocycles. The highest BCUT2D eigenvalue weighted by atomic mass is 19.3. The summed E-state index contributed by atoms with van der Waals surface area (Å²) in [6, 6.07) is 1.64. The molecule has 17 nitrogen and oxygen atoms in total. The molecule has 0 spiro atoms. The summed E-state index contributed by atoms with van der Waals surface area (Å²) in [7, 11) is 0. The van der Waals surface area contributed by atoms with Crippen molar-refractivity contribution in [1.29, 1.82) is 0 Å². The number of benzene rings is 1. The first-order valence-electron chi connectivity index (χ1n) is 13.3. The largest absolute Gasteiger partial charge is 0.479 e. The zero-order valence-corrected chi connectivity index (χ0v) is 23.7. The summed E-state index contributed by atoms with van der Waals surface area (Å²) in [5, 5.41) is 47.1. The zero-order valence-electron chi connectivity index (χ0n) is 23.7. The molecule has 1 aromatic rings. The van der Waals surface area contributed by atoms with Crippen LogP contribution in [0.2, 0.25) is 0 Å². The summed E-state index contributed by atoms with van der Waals surface area (Å²) in [5.74, 6) is -1.55. The summed E-state index contributed by atoms with van der Waals surface area (Å²) < 4.78 is 53.5. The summed E-state index contributed by atoms with van der Waals surface area (Å²) in [6.45, 7) is 0.235. The Bertz CT molecular complexity index is 1230. The number of amides is 2. The minimum Gasteiger partial charge on any atom is -0.479 e. The van der Waals surface area contributed by atoms with Gasteiger partial charge in [0.2, 0.25) is 18.1 Å². The molecule has 1 heterocycles. The number of hydrogen-bond donors (Lipinski definition) is 6. The maximum absolute atomic E-state index is 13.9. The fourth-order valence-electron chi connectivity index (χ4n) is 3.78. The first-order valence-corrected chi connectivity index (χ1v) is 13.3. The number of carboxylic acid groups (broad SMARTS) is 1. The van der Waals surface area contributed by atoms with Crippen molar-refractivity contribution in [2.45, 2.75) is 49.6 Å². The number of carboxylic acids is 1. The molecule has 45 heavy (non-hydrogen) atoms. The van der Waals surface area contributed by atoms with Crippen LogP contribution in [0.3, 0.4) is 0 Å². The van der Waals surface area contributed by atoms with E-state index in [1.165, 1.54) is 0 Å². The molecule has 6 unspecified atom stereocenters. The number of azide groups is 1. The molecule has 6 atom stereocenters. The van der Waals surface area contributed by atoms with Gasteiger partial charge in [-0.25, -0.2) is 13.6 Å². The number of ether oxygens (including phenoxy) is 5. The molecule has 1 aliphatic rings. The first kappa shape index (κ1) is 37.1. The number of carbonyl (C=O) groups excluding carboxylic acids is 2. The Morgan fingerprint density at radius 1 is 1.09 bits per heavy atom. The standard InChI is InChI=1S/C26H33F2N5O12/c1-2-7-41-8-9-42-10-11-43-13-18(34)32-16(5-6-30-33-29)24(38)31-14-3-4-17(15(12-14)23(27)28)44-26-21(37)19(35)20(36)22(45-26)25(39)40/h1,3-4,12,16,19-23,26,35-37H,5-11,13H2,(H,31,38)(H,32,34)(H,39,40). The van der Waals surface area contributed by atoms with Gasteiger partial charge in [-0.1, -0.05) is 11.0 Å². The first-order chi connectivity index (χ1) is 21.5. The molecule has 6 N–H and O–H groups in total. The maximum atomic E-state index is 13.9. The number of alkyl halides is 2. The third-order valence-corrected chi connectivity index (χ3v) is 5.96. The van der Waals surface area contributed by atoms with Crippen molar-refractivity contribution in [1.82, 2.24) is 5.32 Å². The van der Waals surface area contributed by atoms with Gasteiger partial charge in [-0.15, -0.1) is 6.42 Å². The van der Waals surface area contributed by atoms with Crippen LogP contribution in [0.15, 0.2) is 23.3 Å². The van der Waals surface area contributed by atoms with Crippen molar-refractivity contribution in [3.63, 3.8) is 0 Å². The van der Waals surface area contributed by atoms with Crippen molar-refractivity contribution in [3.8, 4) is 18.1 Å². The van der Waals surface area contributed by atoms with E-state index in [-0.39, 0.29) is 51.7 Å². The van der Waals surface area contributed by atoms with Gasteiger partial charge in [-0.05, 0) is 30.2 Å². The number of nitrogens with zero attached hydrogens (tertiary/aromatic N) is 3. The van der Waals surface area contributed by atoms with Crippen molar-refractivity contribution in [3.05, 3.63) is 34.2 Å². The average Bonchev–Trinajstić information content (AvgIpc) is 3.00. The third-order valence-electron chi connectivity index (χ3n) is 5.96. The smallest absolute Gasteiger partial charge is 0.335 e. The molecule has 1 aliphatic heterocycles. The molecule has 0 aromatic heterocycles. The quantitative estimate of drug-likeness (QED) is 0.0373. The number of anilines is 1. The fraction of sp³-hybridized carbons (Fsp3) is 0.577. The number of aliphatic carboxylic acids is 1. The van der Waals surface area contributed by atoms with Gasteiger partial charge in [0.15, 0.2) is 6.10 Å². The Hall–Kier alpha value is -4.12. The Balaban J connectivity index is 2.03. The van der Waals surface area contributed by atoms with Gasteiger partial charge in [0.1, 0.15) is 43.3 Å². The second-order valence-corrected chi connectivity index (χ2v) is 9.18. The molecule has 2 rings (SSSR count). The lowest BCUT2D eigenvalue weighted by Crippen LogP contribution is -2.61. The molecular weight excluding hydrogens is 612 g/mol. The van der Waals surface area contributed by atoms with Crippen LogP contribution in [0.4, 0.5) is 14.5 Å². The molecule has 19 heteroatoms. The summed E-state index contributed by atoms with van der Waals surface area (Å²) in [6.07, 6.45) is -8.35. The second kappa shape index (κ2) is 19.3. The van der Waals surface area contributed by atoms with E-state index in [4.69, 9.17) is 40.7 Å². The number of halogens is 2. The summed E-state index contributed by atoms with van der Waals surface area (Å²) in [5.41, 5.74) is 7.57. The molecule has 1 aromatic carbocycles. The van der Waals surface area contributed by atoms with Gasteiger partial charge in [0.25, 0.3) is 6.43 Å². The van der Waals surface area contributed by atoms with Crippen LogP contribution in [-0.4, -0.2) is 121 Å². The predicted octanol–water partition coefficient (Wildman–Crippen LogP) is -0.298. The number of aliphatic hydroxyl groups is 3. The van der Waals surface area contributed by atoms with Crippen molar-refractivity contribution in [2.75, 3.05) is 51.5 Å². The van der Waals surface area contributed by atoms with Crippen molar-refractivity contribution >= 4 is 23.5 Å². The Kier molecular flexibility index (Phi) is 15.9. The number of rotatable bonds is 19. The topological polar surface area (TPSA) is 251 Å². The number of terminal acetylenes is 1. The van der Waals surface area contributed by atoms with Crippen LogP contribution >= 0.6 is 0 Å². The van der Waals surface area contributed by atoms with Gasteiger partial charge in [0.05, 0.1) is 32.0 Å². The predicted molar refractivity (Wildman–Crippen MR) is 147 cm³/mol. The number of hydrogen-bond acceptors (Lipinski definition) is 12. The molecule has 248 valence electrons. The highest BCUT2D eigenvalue weighted by Gasteiger charge is 2.48. The molecule has 0 radical (unpaired) electrons. The Labute approximate surface area is 255 Å². The van der Waals surface area contributed by atoms with Crippen molar-refractivity contribution < 1.29 is 67.3 Å². The monoisotopic (exact) mass is 645 g/mol. The van der Waals surface area contributed by atoms with E-state index < -0.39 is 78.9 Å². The van der Waals surface area contributed by atoms with Crippen LogP contribution in [-0.2, 0) is 33.3 Å². The van der Waals surface area contributed by atoms with Crippen LogP contribution < -0.4 is 15.4 Å². The SMILES string of the molecule is C#CCOCCOCCOCC(=O)NC(CCN=[N+]=[N-])C(=O)Nc1ccc(OC2OC(C(=O)O)C(O)C(O)C2O)c(C(F)F)c1. The van der Waals surface area contributed by atoms with E-state index in [0.717, 1.165) is 18.2 Å². The maximum Gasteiger partial charge on any atom is 0.335 e. The van der Waals surface area contributed by atoms with Gasteiger partial charge >= 0.3 is 5.97 Å². The lowest BCUT2D eigenvalue weighted by Gasteiger charge is -2.38. The minimum absolute atomic E-state index is 0.0441. The van der Waals surface area contributed by atoms with Crippen LogP contribution in [0.5, 0.6) is 5.75 Å². The van der Waals surface area contributed by atoms with Crippen LogP contribution in [0.25, 0.3) is 10.4 Å². The highest BCUT2D eigenvalue weighted by Crippen LogP contribution is 2.34. The van der Waals surface area contributed by atoms with Gasteiger partial charge in [-0.3, -0.25) is 9.59 Å². The number of aliphatic hydroxyl groups excluding tert-OH is 3. The summed E-state index contributed by atoms with van der Waals surface area (Å²) in [4.78, 5) is 39.2. The molecule has 1 saturated heterocycles. The normalized spacial score (nSPS) is 21.7. The van der Waals surface area contributed by atoms with E-state index in [2.05, 4.69) is 26.6 Å². The van der Waals surface area contributed by atoms with Crippen LogP contribution in [0, 0.1) is 12.3 Å². The van der Waals surface area contributed by atoms with E-state index in [0.29, 0.717) is 0 Å². The third kappa shape index (κ3) is 12.1. The van der Waals surface area contributed by atoms with Crippen molar-refractivity contribution in [2.24, 2.45) is 5.11 Å². The molecule has 2 amide bonds. The van der Waals surface area contributed by atoms with Gasteiger partial charge in [-0.2, -0.15) is 0 Å². The van der Waals surface area contributed by atoms with E-state index in [1.807, 2.05) is 0 Å². The number of carbonyl (C=O) groups is 3. The zero-order chi connectivity index (χ0) is 33.4. The van der Waals surface area contributed by atoms with Crippen LogP contribution in [0.1, 0.15) is 18.4 Å². The fourth-order valence-corrected chi connectivity index (χ4v) is 3.78. The van der Waals surface area contributed by atoms with E-state index in [9.17, 15) is 38.5 Å². The molecule has 1 fully saturated rings. The van der Waals surface area contributed by atoms with Gasteiger partial charge in [0, 0.05) is 17.1 Å². The lowest BCUT2D eigenvalue weighted by molar-refractivity contribution is -0.271. The minimum atomic E-state index is -3.21. The highest BCUT2D eigenvalue weighted by molar-refractivity contribution is 5.97. The molecular formula is C26H33F2N5O12. The number of nitrogens with one attached hydrogen (secondary N) is 2. The van der Waals surface area contributed by atoms with E-state index >= 15 is 0 Å². The molecule has 0 bridgehead atoms. The average molecular weight is 646 g/mol. The summed E-state index contributed by atoms with van der Waals surface area (Å²) >= 11 is 0.